The van der Waals surface area contributed by atoms with E-state index in [4.69, 9.17) is 0 Å². The molecule has 0 aliphatic rings. The number of hydrogen-bond acceptors (Lipinski definition) is 6. The van der Waals surface area contributed by atoms with Crippen LogP contribution in [0.2, 0.25) is 0 Å². The van der Waals surface area contributed by atoms with Crippen molar-refractivity contribution in [2.75, 3.05) is 0 Å². The number of carbonyl (C=O) groups excluding carboxylic acids is 1. The van der Waals surface area contributed by atoms with Crippen LogP contribution in [0.5, 0.6) is 0 Å². The number of imidazole rings is 1. The summed E-state index contributed by atoms with van der Waals surface area (Å²) in [5.41, 5.74) is 1.92. The SMILES string of the molecule is CC(=O)c1cccnc1Sc1ncnc2nc[nH]c12. The standard InChI is InChI=1S/C12H9N5OS/c1-7(18)8-3-2-4-13-11(8)19-12-9-10(15-5-14-9)16-6-17-12/h2-6H,1H3,(H,14,15,16,17). The molecule has 3 heterocycles. The Labute approximate surface area is 112 Å². The first kappa shape index (κ1) is 11.8. The molecule has 0 aliphatic carbocycles. The minimum absolute atomic E-state index is 0.0227. The van der Waals surface area contributed by atoms with Gasteiger partial charge in [0, 0.05) is 11.8 Å². The third-order valence-electron chi connectivity index (χ3n) is 2.53. The molecule has 0 saturated carbocycles. The number of pyridine rings is 1. The van der Waals surface area contributed by atoms with Gasteiger partial charge in [0.05, 0.1) is 6.33 Å². The lowest BCUT2D eigenvalue weighted by molar-refractivity contribution is 0.101. The molecule has 0 aromatic carbocycles. The number of aromatic amines is 1. The molecule has 7 heteroatoms. The predicted molar refractivity (Wildman–Crippen MR) is 70.0 cm³/mol. The lowest BCUT2D eigenvalue weighted by Crippen LogP contribution is -1.97. The topological polar surface area (TPSA) is 84.4 Å². The molecule has 3 aromatic rings. The summed E-state index contributed by atoms with van der Waals surface area (Å²) in [6.45, 7) is 1.52. The molecule has 0 radical (unpaired) electrons. The average Bonchev–Trinajstić information content (AvgIpc) is 2.88. The van der Waals surface area contributed by atoms with Crippen molar-refractivity contribution in [3.8, 4) is 0 Å². The van der Waals surface area contributed by atoms with Crippen molar-refractivity contribution >= 4 is 28.7 Å². The maximum Gasteiger partial charge on any atom is 0.181 e. The maximum atomic E-state index is 11.6. The van der Waals surface area contributed by atoms with Gasteiger partial charge in [-0.3, -0.25) is 4.79 Å². The zero-order valence-corrected chi connectivity index (χ0v) is 10.8. The fraction of sp³-hybridized carbons (Fsp3) is 0.0833. The molecular formula is C12H9N5OS. The molecule has 0 aliphatic heterocycles. The van der Waals surface area contributed by atoms with Crippen LogP contribution < -0.4 is 0 Å². The van der Waals surface area contributed by atoms with Gasteiger partial charge in [0.25, 0.3) is 0 Å². The van der Waals surface area contributed by atoms with Crippen molar-refractivity contribution in [3.63, 3.8) is 0 Å². The highest BCUT2D eigenvalue weighted by Crippen LogP contribution is 2.30. The second-order valence-corrected chi connectivity index (χ2v) is 4.77. The molecule has 3 rings (SSSR count). The van der Waals surface area contributed by atoms with Gasteiger partial charge in [0.1, 0.15) is 21.9 Å². The predicted octanol–water partition coefficient (Wildman–Crippen LogP) is 2.10. The molecule has 0 saturated heterocycles. The number of nitrogens with zero attached hydrogens (tertiary/aromatic N) is 4. The van der Waals surface area contributed by atoms with Crippen LogP contribution in [0.15, 0.2) is 41.0 Å². The minimum Gasteiger partial charge on any atom is -0.341 e. The van der Waals surface area contributed by atoms with Gasteiger partial charge in [-0.1, -0.05) is 0 Å². The van der Waals surface area contributed by atoms with Crippen LogP contribution in [0.1, 0.15) is 17.3 Å². The summed E-state index contributed by atoms with van der Waals surface area (Å²) < 4.78 is 0. The Hall–Kier alpha value is -2.28. The van der Waals surface area contributed by atoms with Crippen molar-refractivity contribution in [1.29, 1.82) is 0 Å². The zero-order chi connectivity index (χ0) is 13.2. The Morgan fingerprint density at radius 1 is 1.21 bits per heavy atom. The summed E-state index contributed by atoms with van der Waals surface area (Å²) in [4.78, 5) is 31.1. The summed E-state index contributed by atoms with van der Waals surface area (Å²) >= 11 is 1.32. The largest absolute Gasteiger partial charge is 0.341 e. The molecule has 0 amide bonds. The molecule has 0 atom stereocenters. The van der Waals surface area contributed by atoms with Crippen LogP contribution in [0, 0.1) is 0 Å². The Morgan fingerprint density at radius 2 is 2.11 bits per heavy atom. The molecule has 0 fully saturated rings. The van der Waals surface area contributed by atoms with Crippen LogP contribution in [-0.4, -0.2) is 30.7 Å². The zero-order valence-electron chi connectivity index (χ0n) is 9.99. The molecule has 6 nitrogen and oxygen atoms in total. The van der Waals surface area contributed by atoms with E-state index in [-0.39, 0.29) is 5.78 Å². The van der Waals surface area contributed by atoms with Gasteiger partial charge < -0.3 is 4.98 Å². The smallest absolute Gasteiger partial charge is 0.181 e. The number of rotatable bonds is 3. The van der Waals surface area contributed by atoms with Crippen molar-refractivity contribution in [3.05, 3.63) is 36.5 Å². The molecule has 19 heavy (non-hydrogen) atoms. The minimum atomic E-state index is -0.0227. The number of ketones is 1. The lowest BCUT2D eigenvalue weighted by Gasteiger charge is -2.04. The highest BCUT2D eigenvalue weighted by atomic mass is 32.2. The number of aromatic nitrogens is 5. The molecule has 3 aromatic heterocycles. The first-order chi connectivity index (χ1) is 9.25. The van der Waals surface area contributed by atoms with E-state index in [1.807, 2.05) is 0 Å². The van der Waals surface area contributed by atoms with E-state index in [0.29, 0.717) is 21.3 Å². The second-order valence-electron chi connectivity index (χ2n) is 3.79. The summed E-state index contributed by atoms with van der Waals surface area (Å²) in [5, 5.41) is 1.33. The molecule has 1 N–H and O–H groups in total. The Kier molecular flexibility index (Phi) is 2.96. The highest BCUT2D eigenvalue weighted by Gasteiger charge is 2.13. The van der Waals surface area contributed by atoms with E-state index in [2.05, 4.69) is 24.9 Å². The molecular weight excluding hydrogens is 262 g/mol. The molecule has 0 bridgehead atoms. The monoisotopic (exact) mass is 271 g/mol. The van der Waals surface area contributed by atoms with E-state index in [1.54, 1.807) is 24.7 Å². The summed E-state index contributed by atoms with van der Waals surface area (Å²) in [7, 11) is 0. The van der Waals surface area contributed by atoms with E-state index in [9.17, 15) is 4.79 Å². The van der Waals surface area contributed by atoms with Crippen LogP contribution in [0.25, 0.3) is 11.2 Å². The molecule has 0 spiro atoms. The van der Waals surface area contributed by atoms with Crippen LogP contribution in [0.4, 0.5) is 0 Å². The van der Waals surface area contributed by atoms with Crippen molar-refractivity contribution < 1.29 is 4.79 Å². The lowest BCUT2D eigenvalue weighted by atomic mass is 10.2. The quantitative estimate of drug-likeness (QED) is 0.580. The summed E-state index contributed by atoms with van der Waals surface area (Å²) in [6, 6.07) is 3.50. The van der Waals surface area contributed by atoms with E-state index < -0.39 is 0 Å². The van der Waals surface area contributed by atoms with Gasteiger partial charge in [0.15, 0.2) is 11.4 Å². The molecule has 0 unspecified atom stereocenters. The van der Waals surface area contributed by atoms with E-state index in [0.717, 1.165) is 5.52 Å². The number of fused-ring (bicyclic) bond motifs is 1. The van der Waals surface area contributed by atoms with Crippen molar-refractivity contribution in [2.24, 2.45) is 0 Å². The van der Waals surface area contributed by atoms with Crippen molar-refractivity contribution in [2.45, 2.75) is 17.0 Å². The van der Waals surface area contributed by atoms with Crippen molar-refractivity contribution in [1.82, 2.24) is 24.9 Å². The third-order valence-corrected chi connectivity index (χ3v) is 3.55. The summed E-state index contributed by atoms with van der Waals surface area (Å²) in [6.07, 6.45) is 4.66. The first-order valence-corrected chi connectivity index (χ1v) is 6.35. The van der Waals surface area contributed by atoms with Gasteiger partial charge in [-0.15, -0.1) is 0 Å². The van der Waals surface area contributed by atoms with Crippen LogP contribution >= 0.6 is 11.8 Å². The fourth-order valence-electron chi connectivity index (χ4n) is 1.65. The first-order valence-electron chi connectivity index (χ1n) is 5.53. The van der Waals surface area contributed by atoms with Gasteiger partial charge in [-0.25, -0.2) is 19.9 Å². The Bertz CT molecular complexity index is 754. The van der Waals surface area contributed by atoms with Gasteiger partial charge in [-0.05, 0) is 30.8 Å². The third kappa shape index (κ3) is 2.19. The number of carbonyl (C=O) groups is 1. The number of H-pyrrole nitrogens is 1. The fourth-order valence-corrected chi connectivity index (χ4v) is 2.62. The summed E-state index contributed by atoms with van der Waals surface area (Å²) in [5.74, 6) is -0.0227. The highest BCUT2D eigenvalue weighted by molar-refractivity contribution is 7.99. The van der Waals surface area contributed by atoms with Gasteiger partial charge in [0.2, 0.25) is 0 Å². The van der Waals surface area contributed by atoms with Gasteiger partial charge in [-0.2, -0.15) is 0 Å². The van der Waals surface area contributed by atoms with Crippen LogP contribution in [0.3, 0.4) is 0 Å². The van der Waals surface area contributed by atoms with E-state index in [1.165, 1.54) is 25.0 Å². The molecule has 94 valence electrons. The second kappa shape index (κ2) is 4.77. The number of nitrogens with one attached hydrogen (secondary N) is 1. The Balaban J connectivity index is 2.06. The Morgan fingerprint density at radius 3 is 2.95 bits per heavy atom. The van der Waals surface area contributed by atoms with E-state index >= 15 is 0 Å². The maximum absolute atomic E-state index is 11.6. The normalized spacial score (nSPS) is 10.8. The number of hydrogen-bond donors (Lipinski definition) is 1. The average molecular weight is 271 g/mol. The number of Topliss-reactive ketones (excluding diaryl/α,β-unsaturated/α-hetero) is 1. The van der Waals surface area contributed by atoms with Gasteiger partial charge >= 0.3 is 0 Å². The van der Waals surface area contributed by atoms with Crippen LogP contribution in [-0.2, 0) is 0 Å².